The Labute approximate surface area is 154 Å². The van der Waals surface area contributed by atoms with Gasteiger partial charge in [-0.2, -0.15) is 0 Å². The molecule has 0 saturated heterocycles. The Morgan fingerprint density at radius 3 is 2.84 bits per heavy atom. The molecule has 0 aliphatic heterocycles. The summed E-state index contributed by atoms with van der Waals surface area (Å²) in [6, 6.07) is 3.48. The van der Waals surface area contributed by atoms with Gasteiger partial charge in [0.2, 0.25) is 5.91 Å². The molecule has 25 heavy (non-hydrogen) atoms. The van der Waals surface area contributed by atoms with Crippen LogP contribution in [0.25, 0.3) is 0 Å². The van der Waals surface area contributed by atoms with E-state index < -0.39 is 11.0 Å². The van der Waals surface area contributed by atoms with Crippen molar-refractivity contribution < 1.29 is 9.72 Å². The molecule has 1 N–H and O–H groups in total. The summed E-state index contributed by atoms with van der Waals surface area (Å²) in [7, 11) is 1.82. The lowest BCUT2D eigenvalue weighted by Gasteiger charge is -2.23. The number of carbonyl (C=O) groups is 1. The number of nitro benzene ring substituents is 1. The lowest BCUT2D eigenvalue weighted by Crippen LogP contribution is -2.39. The van der Waals surface area contributed by atoms with Crippen LogP contribution >= 0.6 is 22.9 Å². The summed E-state index contributed by atoms with van der Waals surface area (Å²) in [5.41, 5.74) is 1.01. The number of nitrogens with one attached hydrogen (secondary N) is 1. The molecular formula is C16H19ClN4O3S. The Hall–Kier alpha value is -2.03. The Morgan fingerprint density at radius 1 is 1.52 bits per heavy atom. The van der Waals surface area contributed by atoms with Crippen LogP contribution in [0.4, 0.5) is 11.4 Å². The third-order valence-electron chi connectivity index (χ3n) is 3.77. The molecule has 0 bridgehead atoms. The second kappa shape index (κ2) is 8.37. The summed E-state index contributed by atoms with van der Waals surface area (Å²) in [5.74, 6) is -0.296. The second-order valence-corrected chi connectivity index (χ2v) is 6.94. The first kappa shape index (κ1) is 19.3. The van der Waals surface area contributed by atoms with E-state index in [4.69, 9.17) is 11.6 Å². The SMILES string of the molecule is CCc1nc(CN(C)C(C)C(=O)Nc2cc([N+](=O)[O-])ccc2Cl)cs1. The van der Waals surface area contributed by atoms with Gasteiger partial charge in [0.15, 0.2) is 0 Å². The molecule has 2 rings (SSSR count). The number of hydrogen-bond acceptors (Lipinski definition) is 6. The first-order chi connectivity index (χ1) is 11.8. The van der Waals surface area contributed by atoms with Gasteiger partial charge in [-0.25, -0.2) is 4.98 Å². The molecule has 0 aliphatic rings. The zero-order chi connectivity index (χ0) is 18.6. The highest BCUT2D eigenvalue weighted by Gasteiger charge is 2.21. The molecule has 1 aromatic carbocycles. The van der Waals surface area contributed by atoms with Gasteiger partial charge in [0, 0.05) is 24.1 Å². The van der Waals surface area contributed by atoms with Crippen molar-refractivity contribution in [1.82, 2.24) is 9.88 Å². The highest BCUT2D eigenvalue weighted by molar-refractivity contribution is 7.09. The molecule has 0 radical (unpaired) electrons. The minimum Gasteiger partial charge on any atom is -0.323 e. The molecule has 9 heteroatoms. The number of aromatic nitrogens is 1. The third-order valence-corrected chi connectivity index (χ3v) is 5.14. The molecule has 1 aromatic heterocycles. The van der Waals surface area contributed by atoms with Gasteiger partial charge in [-0.1, -0.05) is 18.5 Å². The highest BCUT2D eigenvalue weighted by atomic mass is 35.5. The lowest BCUT2D eigenvalue weighted by molar-refractivity contribution is -0.384. The van der Waals surface area contributed by atoms with Gasteiger partial charge < -0.3 is 5.32 Å². The number of hydrogen-bond donors (Lipinski definition) is 1. The normalized spacial score (nSPS) is 12.2. The fourth-order valence-electron chi connectivity index (χ4n) is 2.14. The monoisotopic (exact) mass is 382 g/mol. The number of likely N-dealkylation sites (N-methyl/N-ethyl adjacent to an activating group) is 1. The van der Waals surface area contributed by atoms with E-state index in [0.29, 0.717) is 6.54 Å². The predicted molar refractivity (Wildman–Crippen MR) is 99.2 cm³/mol. The quantitative estimate of drug-likeness (QED) is 0.582. The van der Waals surface area contributed by atoms with E-state index in [-0.39, 0.29) is 22.3 Å². The van der Waals surface area contributed by atoms with Crippen molar-refractivity contribution in [1.29, 1.82) is 0 Å². The Bertz CT molecular complexity index is 780. The van der Waals surface area contributed by atoms with Crippen LogP contribution in [0.5, 0.6) is 0 Å². The first-order valence-corrected chi connectivity index (χ1v) is 8.96. The van der Waals surface area contributed by atoms with Crippen LogP contribution < -0.4 is 5.32 Å². The van der Waals surface area contributed by atoms with Crippen LogP contribution in [-0.2, 0) is 17.8 Å². The number of non-ortho nitro benzene ring substituents is 1. The van der Waals surface area contributed by atoms with Crippen molar-refractivity contribution in [2.45, 2.75) is 32.9 Å². The van der Waals surface area contributed by atoms with Crippen molar-refractivity contribution in [3.8, 4) is 0 Å². The van der Waals surface area contributed by atoms with E-state index in [9.17, 15) is 14.9 Å². The van der Waals surface area contributed by atoms with Crippen LogP contribution in [0, 0.1) is 10.1 Å². The van der Waals surface area contributed by atoms with Gasteiger partial charge in [-0.05, 0) is 26.5 Å². The molecule has 7 nitrogen and oxygen atoms in total. The van der Waals surface area contributed by atoms with Gasteiger partial charge in [0.25, 0.3) is 5.69 Å². The zero-order valence-corrected chi connectivity index (χ0v) is 15.7. The predicted octanol–water partition coefficient (Wildman–Crippen LogP) is 3.73. The summed E-state index contributed by atoms with van der Waals surface area (Å²) in [6.45, 7) is 4.34. The largest absolute Gasteiger partial charge is 0.323 e. The van der Waals surface area contributed by atoms with E-state index in [0.717, 1.165) is 17.1 Å². The number of carbonyl (C=O) groups excluding carboxylic acids is 1. The number of nitro groups is 1. The Kier molecular flexibility index (Phi) is 6.46. The summed E-state index contributed by atoms with van der Waals surface area (Å²) in [6.07, 6.45) is 0.885. The van der Waals surface area contributed by atoms with E-state index in [2.05, 4.69) is 10.3 Å². The topological polar surface area (TPSA) is 88.4 Å². The summed E-state index contributed by atoms with van der Waals surface area (Å²) in [5, 5.41) is 16.8. The van der Waals surface area contributed by atoms with E-state index >= 15 is 0 Å². The number of aryl methyl sites for hydroxylation is 1. The summed E-state index contributed by atoms with van der Waals surface area (Å²) in [4.78, 5) is 29.1. The third kappa shape index (κ3) is 4.97. The molecule has 0 fully saturated rings. The van der Waals surface area contributed by atoms with E-state index in [1.165, 1.54) is 18.2 Å². The number of amides is 1. The number of nitrogens with zero attached hydrogens (tertiary/aromatic N) is 3. The molecule has 0 saturated carbocycles. The maximum absolute atomic E-state index is 12.4. The second-order valence-electron chi connectivity index (χ2n) is 5.59. The van der Waals surface area contributed by atoms with Gasteiger partial charge in [-0.15, -0.1) is 11.3 Å². The van der Waals surface area contributed by atoms with Crippen molar-refractivity contribution in [3.63, 3.8) is 0 Å². The molecular weight excluding hydrogens is 364 g/mol. The summed E-state index contributed by atoms with van der Waals surface area (Å²) >= 11 is 7.62. The molecule has 0 spiro atoms. The number of benzene rings is 1. The Morgan fingerprint density at radius 2 is 2.24 bits per heavy atom. The lowest BCUT2D eigenvalue weighted by atomic mass is 10.2. The van der Waals surface area contributed by atoms with Crippen molar-refractivity contribution >= 4 is 40.2 Å². The number of thiazole rings is 1. The van der Waals surface area contributed by atoms with Gasteiger partial charge in [-0.3, -0.25) is 19.8 Å². The molecule has 2 aromatic rings. The van der Waals surface area contributed by atoms with Crippen LogP contribution in [0.3, 0.4) is 0 Å². The van der Waals surface area contributed by atoms with Crippen LogP contribution in [0.1, 0.15) is 24.5 Å². The molecule has 1 atom stereocenters. The molecule has 1 unspecified atom stereocenters. The van der Waals surface area contributed by atoms with Crippen molar-refractivity contribution in [3.05, 3.63) is 49.4 Å². The van der Waals surface area contributed by atoms with Gasteiger partial charge in [0.1, 0.15) is 0 Å². The van der Waals surface area contributed by atoms with Crippen LogP contribution in [0.15, 0.2) is 23.6 Å². The van der Waals surface area contributed by atoms with Gasteiger partial charge >= 0.3 is 0 Å². The fraction of sp³-hybridized carbons (Fsp3) is 0.375. The molecule has 134 valence electrons. The minimum absolute atomic E-state index is 0.129. The van der Waals surface area contributed by atoms with Gasteiger partial charge in [0.05, 0.1) is 32.4 Å². The van der Waals surface area contributed by atoms with Crippen molar-refractivity contribution in [2.75, 3.05) is 12.4 Å². The zero-order valence-electron chi connectivity index (χ0n) is 14.2. The van der Waals surface area contributed by atoms with Crippen LogP contribution in [-0.4, -0.2) is 33.8 Å². The highest BCUT2D eigenvalue weighted by Crippen LogP contribution is 2.27. The van der Waals surface area contributed by atoms with Crippen molar-refractivity contribution in [2.24, 2.45) is 0 Å². The molecule has 1 heterocycles. The summed E-state index contributed by atoms with van der Waals surface area (Å²) < 4.78 is 0. The minimum atomic E-state index is -0.533. The average molecular weight is 383 g/mol. The smallest absolute Gasteiger partial charge is 0.271 e. The Balaban J connectivity index is 2.04. The van der Waals surface area contributed by atoms with E-state index in [1.54, 1.807) is 18.3 Å². The fourth-order valence-corrected chi connectivity index (χ4v) is 3.04. The number of rotatable bonds is 7. The maximum Gasteiger partial charge on any atom is 0.271 e. The average Bonchev–Trinajstić information content (AvgIpc) is 3.03. The maximum atomic E-state index is 12.4. The standard InChI is InChI=1S/C16H19ClN4O3S/c1-4-15-18-11(9-25-15)8-20(3)10(2)16(22)19-14-7-12(21(23)24)5-6-13(14)17/h5-7,9-10H,4,8H2,1-3H3,(H,19,22). The molecule has 0 aliphatic carbocycles. The van der Waals surface area contributed by atoms with E-state index in [1.807, 2.05) is 24.3 Å². The number of halogens is 1. The molecule has 1 amide bonds. The first-order valence-electron chi connectivity index (χ1n) is 7.70. The number of anilines is 1. The van der Waals surface area contributed by atoms with Crippen LogP contribution in [0.2, 0.25) is 5.02 Å².